The first-order chi connectivity index (χ1) is 17.8. The second kappa shape index (κ2) is 11.4. The number of nitrogens with zero attached hydrogens (tertiary/aromatic N) is 6. The van der Waals surface area contributed by atoms with Crippen molar-refractivity contribution in [2.24, 2.45) is 11.8 Å². The highest BCUT2D eigenvalue weighted by atomic mass is 35.5. The van der Waals surface area contributed by atoms with Gasteiger partial charge in [-0.15, -0.1) is 0 Å². The number of likely N-dealkylation sites (tertiary alicyclic amines) is 1. The number of hydrogen-bond acceptors (Lipinski definition) is 7. The lowest BCUT2D eigenvalue weighted by atomic mass is 9.80. The number of piperidine rings is 1. The Morgan fingerprint density at radius 1 is 1.14 bits per heavy atom. The van der Waals surface area contributed by atoms with Gasteiger partial charge in [-0.3, -0.25) is 0 Å². The molecule has 1 aromatic carbocycles. The molecular weight excluding hydrogens is 531 g/mol. The van der Waals surface area contributed by atoms with Crippen molar-refractivity contribution in [3.63, 3.8) is 0 Å². The van der Waals surface area contributed by atoms with Gasteiger partial charge in [-0.2, -0.15) is 5.10 Å². The average molecular weight is 566 g/mol. The molecule has 0 saturated carbocycles. The van der Waals surface area contributed by atoms with E-state index in [1.165, 1.54) is 12.8 Å². The summed E-state index contributed by atoms with van der Waals surface area (Å²) >= 11 is 12.6. The molecule has 0 radical (unpaired) electrons. The quantitative estimate of drug-likeness (QED) is 0.300. The number of fused-ring (bicyclic) bond motifs is 1. The molecule has 5 rings (SSSR count). The zero-order valence-electron chi connectivity index (χ0n) is 21.3. The smallest absolute Gasteiger partial charge is 0.179 e. The van der Waals surface area contributed by atoms with Gasteiger partial charge in [0.2, 0.25) is 0 Å². The Morgan fingerprint density at radius 2 is 1.95 bits per heavy atom. The van der Waals surface area contributed by atoms with E-state index in [4.69, 9.17) is 38.3 Å². The van der Waals surface area contributed by atoms with Crippen molar-refractivity contribution >= 4 is 50.9 Å². The monoisotopic (exact) mass is 564 g/mol. The van der Waals surface area contributed by atoms with Gasteiger partial charge in [0.25, 0.3) is 0 Å². The third-order valence-electron chi connectivity index (χ3n) is 7.85. The van der Waals surface area contributed by atoms with Gasteiger partial charge < -0.3 is 9.80 Å². The van der Waals surface area contributed by atoms with Crippen molar-refractivity contribution in [3.8, 4) is 0 Å². The lowest BCUT2D eigenvalue weighted by molar-refractivity contribution is 0.118. The van der Waals surface area contributed by atoms with Gasteiger partial charge in [-0.05, 0) is 82.2 Å². The summed E-state index contributed by atoms with van der Waals surface area (Å²) in [5.74, 6) is 2.52. The molecule has 3 aromatic rings. The molecule has 2 aliphatic rings. The SMILES string of the molecule is Cc1nn([C@H](C)c2ccc(Cl)cc2Cl)c2nc(N3CC([C@H]4CCCN(CCCC[SH](=O)=O)C4)C3)cnc12. The third-order valence-corrected chi connectivity index (χ3v) is 9.09. The minimum atomic E-state index is -2.25. The Bertz CT molecular complexity index is 1330. The van der Waals surface area contributed by atoms with Crippen LogP contribution in [-0.2, 0) is 10.7 Å². The van der Waals surface area contributed by atoms with Crippen LogP contribution in [0.15, 0.2) is 24.4 Å². The number of thiol groups is 1. The average Bonchev–Trinajstić information content (AvgIpc) is 3.16. The lowest BCUT2D eigenvalue weighted by Gasteiger charge is -2.47. The normalized spacial score (nSPS) is 20.0. The van der Waals surface area contributed by atoms with Crippen LogP contribution in [-0.4, -0.2) is 71.5 Å². The Hall–Kier alpha value is -1.94. The van der Waals surface area contributed by atoms with Crippen LogP contribution in [0.25, 0.3) is 11.2 Å². The summed E-state index contributed by atoms with van der Waals surface area (Å²) in [7, 11) is -2.25. The van der Waals surface area contributed by atoms with E-state index < -0.39 is 10.7 Å². The Labute approximate surface area is 229 Å². The summed E-state index contributed by atoms with van der Waals surface area (Å²) < 4.78 is 23.5. The van der Waals surface area contributed by atoms with Gasteiger partial charge in [0, 0.05) is 35.4 Å². The van der Waals surface area contributed by atoms with Crippen LogP contribution in [0.5, 0.6) is 0 Å². The molecule has 2 saturated heterocycles. The highest BCUT2D eigenvalue weighted by Crippen LogP contribution is 2.35. The zero-order chi connectivity index (χ0) is 26.1. The number of unbranched alkanes of at least 4 members (excludes halogenated alkanes) is 1. The fraction of sp³-hybridized carbons (Fsp3) is 0.577. The predicted molar refractivity (Wildman–Crippen MR) is 150 cm³/mol. The van der Waals surface area contributed by atoms with E-state index >= 15 is 0 Å². The first kappa shape index (κ1) is 26.7. The molecular formula is C26H34Cl2N6O2S. The fourth-order valence-electron chi connectivity index (χ4n) is 5.69. The maximum absolute atomic E-state index is 10.8. The number of aromatic nitrogens is 4. The molecule has 0 N–H and O–H groups in total. The summed E-state index contributed by atoms with van der Waals surface area (Å²) in [5, 5.41) is 5.97. The molecule has 8 nitrogen and oxygen atoms in total. The standard InChI is InChI=1S/C26H34Cl2N6O2S/c1-17-25-26(34(31-17)18(2)22-8-7-21(27)12-23(22)28)30-24(13-29-25)33-15-20(16-33)19-6-5-10-32(14-19)9-3-4-11-37(35)36/h7-8,12-13,18-20,37H,3-6,9-11,14-16H2,1-2H3/t18-,19+/m1/s1. The minimum Gasteiger partial charge on any atom is -0.355 e. The number of hydrogen-bond donors (Lipinski definition) is 1. The van der Waals surface area contributed by atoms with Gasteiger partial charge in [0.05, 0.1) is 17.9 Å². The second-order valence-electron chi connectivity index (χ2n) is 10.4. The number of halogens is 2. The van der Waals surface area contributed by atoms with Crippen molar-refractivity contribution in [2.75, 3.05) is 43.4 Å². The minimum absolute atomic E-state index is 0.114. The molecule has 0 bridgehead atoms. The summed E-state index contributed by atoms with van der Waals surface area (Å²) in [6, 6.07) is 5.43. The van der Waals surface area contributed by atoms with E-state index in [1.807, 2.05) is 29.9 Å². The van der Waals surface area contributed by atoms with Crippen molar-refractivity contribution < 1.29 is 8.42 Å². The van der Waals surface area contributed by atoms with Crippen LogP contribution in [0.2, 0.25) is 10.0 Å². The molecule has 2 aliphatic heterocycles. The molecule has 200 valence electrons. The molecule has 0 spiro atoms. The number of rotatable bonds is 9. The molecule has 0 aliphatic carbocycles. The Morgan fingerprint density at radius 3 is 2.70 bits per heavy atom. The third kappa shape index (κ3) is 5.90. The van der Waals surface area contributed by atoms with Crippen LogP contribution in [0, 0.1) is 18.8 Å². The van der Waals surface area contributed by atoms with Crippen molar-refractivity contribution in [1.29, 1.82) is 0 Å². The molecule has 2 fully saturated rings. The van der Waals surface area contributed by atoms with Gasteiger partial charge in [-0.25, -0.2) is 23.1 Å². The summed E-state index contributed by atoms with van der Waals surface area (Å²) in [5.41, 5.74) is 3.36. The zero-order valence-corrected chi connectivity index (χ0v) is 23.7. The van der Waals surface area contributed by atoms with Crippen molar-refractivity contribution in [1.82, 2.24) is 24.6 Å². The van der Waals surface area contributed by atoms with E-state index in [9.17, 15) is 8.42 Å². The first-order valence-corrected chi connectivity index (χ1v) is 15.2. The van der Waals surface area contributed by atoms with Crippen LogP contribution in [0.3, 0.4) is 0 Å². The van der Waals surface area contributed by atoms with Gasteiger partial charge >= 0.3 is 0 Å². The van der Waals surface area contributed by atoms with E-state index in [-0.39, 0.29) is 6.04 Å². The number of anilines is 1. The van der Waals surface area contributed by atoms with Gasteiger partial charge in [0.15, 0.2) is 5.65 Å². The van der Waals surface area contributed by atoms with E-state index in [1.54, 1.807) is 6.07 Å². The molecule has 4 heterocycles. The topological polar surface area (TPSA) is 84.2 Å². The molecule has 2 aromatic heterocycles. The van der Waals surface area contributed by atoms with E-state index in [2.05, 4.69) is 16.7 Å². The van der Waals surface area contributed by atoms with Gasteiger partial charge in [0.1, 0.15) is 22.0 Å². The fourth-order valence-corrected chi connectivity index (χ4v) is 6.74. The van der Waals surface area contributed by atoms with Crippen molar-refractivity contribution in [3.05, 3.63) is 45.7 Å². The maximum atomic E-state index is 10.8. The highest BCUT2D eigenvalue weighted by Gasteiger charge is 2.36. The first-order valence-electron chi connectivity index (χ1n) is 13.1. The van der Waals surface area contributed by atoms with Crippen LogP contribution in [0.4, 0.5) is 5.82 Å². The highest BCUT2D eigenvalue weighted by molar-refractivity contribution is 7.72. The Balaban J connectivity index is 1.25. The van der Waals surface area contributed by atoms with E-state index in [0.29, 0.717) is 27.6 Å². The largest absolute Gasteiger partial charge is 0.355 e. The van der Waals surface area contributed by atoms with E-state index in [0.717, 1.165) is 73.8 Å². The number of benzene rings is 1. The second-order valence-corrected chi connectivity index (χ2v) is 12.4. The molecule has 0 unspecified atom stereocenters. The summed E-state index contributed by atoms with van der Waals surface area (Å²) in [6.07, 6.45) is 6.06. The van der Waals surface area contributed by atoms with Crippen LogP contribution >= 0.6 is 23.2 Å². The Kier molecular flexibility index (Phi) is 8.24. The van der Waals surface area contributed by atoms with Gasteiger partial charge in [-0.1, -0.05) is 29.3 Å². The maximum Gasteiger partial charge on any atom is 0.179 e. The molecule has 2 atom stereocenters. The number of aryl methyl sites for hydroxylation is 1. The molecule has 37 heavy (non-hydrogen) atoms. The summed E-state index contributed by atoms with van der Waals surface area (Å²) in [4.78, 5) is 14.6. The molecule has 0 amide bonds. The van der Waals surface area contributed by atoms with Crippen LogP contribution < -0.4 is 4.90 Å². The summed E-state index contributed by atoms with van der Waals surface area (Å²) in [6.45, 7) is 9.22. The van der Waals surface area contributed by atoms with Crippen molar-refractivity contribution in [2.45, 2.75) is 45.6 Å². The molecule has 11 heteroatoms. The predicted octanol–water partition coefficient (Wildman–Crippen LogP) is 4.59. The van der Waals surface area contributed by atoms with Crippen LogP contribution in [0.1, 0.15) is 49.9 Å². The lowest BCUT2D eigenvalue weighted by Crippen LogP contribution is -2.54.